The van der Waals surface area contributed by atoms with Crippen LogP contribution in [0.3, 0.4) is 0 Å². The second kappa shape index (κ2) is 8.86. The standard InChI is InChI=1S/C17H15ClN2O7/c1-10(17(22)19-13-9-11(18)3-6-14(13)25-2)26-16(21)8-5-12-4-7-15(27-12)20(23)24/h3-10H,1-2H3,(H,19,22)/b8-5+/t10-/m0/s1. The van der Waals surface area contributed by atoms with Crippen LogP contribution in [0.1, 0.15) is 12.7 Å². The summed E-state index contributed by atoms with van der Waals surface area (Å²) in [5.74, 6) is -1.38. The number of anilines is 1. The summed E-state index contributed by atoms with van der Waals surface area (Å²) in [6.07, 6.45) is 1.07. The number of rotatable bonds is 7. The molecule has 1 atom stereocenters. The highest BCUT2D eigenvalue weighted by atomic mass is 35.5. The van der Waals surface area contributed by atoms with Crippen LogP contribution in [-0.2, 0) is 14.3 Å². The lowest BCUT2D eigenvalue weighted by atomic mass is 10.2. The number of furan rings is 1. The minimum absolute atomic E-state index is 0.0967. The van der Waals surface area contributed by atoms with Crippen molar-refractivity contribution in [2.24, 2.45) is 0 Å². The third kappa shape index (κ3) is 5.58. The van der Waals surface area contributed by atoms with Crippen LogP contribution in [0.25, 0.3) is 6.08 Å². The van der Waals surface area contributed by atoms with Gasteiger partial charge in [-0.3, -0.25) is 14.9 Å². The predicted octanol–water partition coefficient (Wildman–Crippen LogP) is 3.43. The molecule has 1 N–H and O–H groups in total. The lowest BCUT2D eigenvalue weighted by Gasteiger charge is -2.14. The summed E-state index contributed by atoms with van der Waals surface area (Å²) in [4.78, 5) is 33.8. The minimum atomic E-state index is -1.11. The van der Waals surface area contributed by atoms with Crippen molar-refractivity contribution in [2.75, 3.05) is 12.4 Å². The topological polar surface area (TPSA) is 121 Å². The molecule has 1 aromatic carbocycles. The molecule has 1 heterocycles. The molecule has 10 heteroatoms. The Morgan fingerprint density at radius 3 is 2.70 bits per heavy atom. The van der Waals surface area contributed by atoms with Gasteiger partial charge in [-0.2, -0.15) is 0 Å². The summed E-state index contributed by atoms with van der Waals surface area (Å²) in [6, 6.07) is 7.16. The number of ether oxygens (including phenoxy) is 2. The second-order valence-electron chi connectivity index (χ2n) is 5.18. The van der Waals surface area contributed by atoms with E-state index in [9.17, 15) is 19.7 Å². The number of hydrogen-bond acceptors (Lipinski definition) is 7. The summed E-state index contributed by atoms with van der Waals surface area (Å²) in [5.41, 5.74) is 0.330. The van der Waals surface area contributed by atoms with Crippen LogP contribution in [0.4, 0.5) is 11.6 Å². The fourth-order valence-electron chi connectivity index (χ4n) is 1.96. The van der Waals surface area contributed by atoms with Crippen molar-refractivity contribution in [3.8, 4) is 5.75 Å². The van der Waals surface area contributed by atoms with E-state index in [1.165, 1.54) is 32.2 Å². The van der Waals surface area contributed by atoms with Crippen LogP contribution in [0.5, 0.6) is 5.75 Å². The van der Waals surface area contributed by atoms with E-state index < -0.39 is 28.8 Å². The highest BCUT2D eigenvalue weighted by Crippen LogP contribution is 2.27. The highest BCUT2D eigenvalue weighted by molar-refractivity contribution is 6.31. The Hall–Kier alpha value is -3.33. The van der Waals surface area contributed by atoms with E-state index in [2.05, 4.69) is 5.32 Å². The first-order valence-corrected chi connectivity index (χ1v) is 7.95. The fourth-order valence-corrected chi connectivity index (χ4v) is 2.13. The van der Waals surface area contributed by atoms with Crippen LogP contribution < -0.4 is 10.1 Å². The number of nitrogens with one attached hydrogen (secondary N) is 1. The number of nitro groups is 1. The Morgan fingerprint density at radius 2 is 2.07 bits per heavy atom. The van der Waals surface area contributed by atoms with Crippen LogP contribution >= 0.6 is 11.6 Å². The molecule has 1 amide bonds. The molecule has 142 valence electrons. The third-order valence-electron chi connectivity index (χ3n) is 3.26. The zero-order valence-corrected chi connectivity index (χ0v) is 15.1. The average molecular weight is 395 g/mol. The maximum Gasteiger partial charge on any atom is 0.433 e. The monoisotopic (exact) mass is 394 g/mol. The van der Waals surface area contributed by atoms with Gasteiger partial charge < -0.3 is 19.2 Å². The first kappa shape index (κ1) is 20.0. The van der Waals surface area contributed by atoms with Crippen molar-refractivity contribution in [3.05, 3.63) is 57.3 Å². The van der Waals surface area contributed by atoms with Gasteiger partial charge in [0, 0.05) is 11.1 Å². The highest BCUT2D eigenvalue weighted by Gasteiger charge is 2.18. The van der Waals surface area contributed by atoms with Gasteiger partial charge in [0.05, 0.1) is 18.9 Å². The molecule has 2 rings (SSSR count). The number of hydrogen-bond donors (Lipinski definition) is 1. The third-order valence-corrected chi connectivity index (χ3v) is 3.49. The van der Waals surface area contributed by atoms with Crippen molar-refractivity contribution in [3.63, 3.8) is 0 Å². The van der Waals surface area contributed by atoms with Gasteiger partial charge in [0.1, 0.15) is 16.4 Å². The molecule has 0 aliphatic heterocycles. The predicted molar refractivity (Wildman–Crippen MR) is 96.6 cm³/mol. The first-order chi connectivity index (χ1) is 12.8. The van der Waals surface area contributed by atoms with Crippen molar-refractivity contribution < 1.29 is 28.4 Å². The summed E-state index contributed by atoms with van der Waals surface area (Å²) >= 11 is 5.89. The maximum atomic E-state index is 12.2. The van der Waals surface area contributed by atoms with Crippen LogP contribution in [0.15, 0.2) is 40.8 Å². The number of benzene rings is 1. The van der Waals surface area contributed by atoms with Gasteiger partial charge in [0.2, 0.25) is 0 Å². The molecule has 0 spiro atoms. The van der Waals surface area contributed by atoms with Crippen LogP contribution in [0.2, 0.25) is 5.02 Å². The molecule has 0 saturated heterocycles. The molecule has 2 aromatic rings. The molecule has 0 bridgehead atoms. The van der Waals surface area contributed by atoms with Gasteiger partial charge in [-0.15, -0.1) is 0 Å². The van der Waals surface area contributed by atoms with E-state index in [0.29, 0.717) is 16.5 Å². The van der Waals surface area contributed by atoms with E-state index in [0.717, 1.165) is 12.1 Å². The molecule has 0 radical (unpaired) electrons. The van der Waals surface area contributed by atoms with Crippen molar-refractivity contribution >= 4 is 41.1 Å². The molecule has 0 fully saturated rings. The Labute approximate surface area is 158 Å². The van der Waals surface area contributed by atoms with E-state index in [4.69, 9.17) is 25.5 Å². The largest absolute Gasteiger partial charge is 0.495 e. The quantitative estimate of drug-likeness (QED) is 0.330. The molecular formula is C17H15ClN2O7. The zero-order chi connectivity index (χ0) is 20.0. The van der Waals surface area contributed by atoms with Gasteiger partial charge in [-0.25, -0.2) is 4.79 Å². The second-order valence-corrected chi connectivity index (χ2v) is 5.62. The number of methoxy groups -OCH3 is 1. The van der Waals surface area contributed by atoms with E-state index in [-0.39, 0.29) is 5.76 Å². The Balaban J connectivity index is 1.95. The number of nitrogens with zero attached hydrogens (tertiary/aromatic N) is 1. The minimum Gasteiger partial charge on any atom is -0.495 e. The summed E-state index contributed by atoms with van der Waals surface area (Å²) < 4.78 is 15.0. The van der Waals surface area contributed by atoms with Crippen LogP contribution in [0, 0.1) is 10.1 Å². The SMILES string of the molecule is COc1ccc(Cl)cc1NC(=O)[C@H](C)OC(=O)/C=C/c1ccc([N+](=O)[O-])o1. The maximum absolute atomic E-state index is 12.2. The van der Waals surface area contributed by atoms with Crippen LogP contribution in [-0.4, -0.2) is 30.0 Å². The first-order valence-electron chi connectivity index (χ1n) is 7.57. The lowest BCUT2D eigenvalue weighted by molar-refractivity contribution is -0.402. The van der Waals surface area contributed by atoms with Gasteiger partial charge in [0.15, 0.2) is 6.10 Å². The molecule has 0 aliphatic rings. The lowest BCUT2D eigenvalue weighted by Crippen LogP contribution is -2.29. The average Bonchev–Trinajstić information content (AvgIpc) is 3.09. The molecule has 0 unspecified atom stereocenters. The van der Waals surface area contributed by atoms with Gasteiger partial charge in [-0.1, -0.05) is 11.6 Å². The fraction of sp³-hybridized carbons (Fsp3) is 0.176. The van der Waals surface area contributed by atoms with Gasteiger partial charge in [0.25, 0.3) is 5.91 Å². The van der Waals surface area contributed by atoms with Crippen molar-refractivity contribution in [2.45, 2.75) is 13.0 Å². The number of carbonyl (C=O) groups is 2. The van der Waals surface area contributed by atoms with Gasteiger partial charge in [-0.05, 0) is 37.3 Å². The van der Waals surface area contributed by atoms with E-state index in [1.54, 1.807) is 12.1 Å². The molecule has 1 aromatic heterocycles. The molecule has 0 saturated carbocycles. The van der Waals surface area contributed by atoms with Crippen molar-refractivity contribution in [1.82, 2.24) is 0 Å². The summed E-state index contributed by atoms with van der Waals surface area (Å²) in [5, 5.41) is 13.5. The Bertz CT molecular complexity index is 891. The Morgan fingerprint density at radius 1 is 1.33 bits per heavy atom. The van der Waals surface area contributed by atoms with E-state index in [1.807, 2.05) is 0 Å². The smallest absolute Gasteiger partial charge is 0.433 e. The molecular weight excluding hydrogens is 380 g/mol. The van der Waals surface area contributed by atoms with Gasteiger partial charge >= 0.3 is 11.9 Å². The zero-order valence-electron chi connectivity index (χ0n) is 14.3. The molecule has 0 aliphatic carbocycles. The van der Waals surface area contributed by atoms with Crippen molar-refractivity contribution in [1.29, 1.82) is 0 Å². The normalized spacial score (nSPS) is 11.8. The molecule has 9 nitrogen and oxygen atoms in total. The number of halogens is 1. The summed E-state index contributed by atoms with van der Waals surface area (Å²) in [6.45, 7) is 1.38. The number of amides is 1. The molecule has 27 heavy (non-hydrogen) atoms. The van der Waals surface area contributed by atoms with E-state index >= 15 is 0 Å². The number of esters is 1. The summed E-state index contributed by atoms with van der Waals surface area (Å²) in [7, 11) is 1.44. The number of carbonyl (C=O) groups excluding carboxylic acids is 2. The Kier molecular flexibility index (Phi) is 6.56.